The Hall–Kier alpha value is -2.36. The standard InChI is InChI=1S/C15H15FN2O/c1-10-7-8-11(2)14(9-10)17-18-15(19)12-5-3-4-6-13(12)16/h3-9,17H,1-2H3,(H,18,19). The SMILES string of the molecule is Cc1ccc(C)c(NNC(=O)c2ccccc2F)c1. The van der Waals surface area contributed by atoms with Crippen LogP contribution in [0.25, 0.3) is 0 Å². The lowest BCUT2D eigenvalue weighted by Crippen LogP contribution is -2.30. The summed E-state index contributed by atoms with van der Waals surface area (Å²) < 4.78 is 13.4. The van der Waals surface area contributed by atoms with Crippen LogP contribution in [0.2, 0.25) is 0 Å². The molecule has 0 saturated carbocycles. The van der Waals surface area contributed by atoms with Crippen LogP contribution in [0.15, 0.2) is 42.5 Å². The largest absolute Gasteiger partial charge is 0.298 e. The van der Waals surface area contributed by atoms with Crippen LogP contribution in [-0.4, -0.2) is 5.91 Å². The second kappa shape index (κ2) is 5.52. The first-order valence-electron chi connectivity index (χ1n) is 5.96. The number of halogens is 1. The van der Waals surface area contributed by atoms with E-state index in [9.17, 15) is 9.18 Å². The van der Waals surface area contributed by atoms with E-state index < -0.39 is 11.7 Å². The molecular formula is C15H15FN2O. The van der Waals surface area contributed by atoms with Crippen LogP contribution in [0.3, 0.4) is 0 Å². The summed E-state index contributed by atoms with van der Waals surface area (Å²) in [5.74, 6) is -1.04. The van der Waals surface area contributed by atoms with Gasteiger partial charge in [0, 0.05) is 0 Å². The zero-order valence-corrected chi connectivity index (χ0v) is 10.8. The summed E-state index contributed by atoms with van der Waals surface area (Å²) >= 11 is 0. The predicted octanol–water partition coefficient (Wildman–Crippen LogP) is 3.20. The van der Waals surface area contributed by atoms with Gasteiger partial charge in [-0.05, 0) is 43.2 Å². The van der Waals surface area contributed by atoms with Crippen LogP contribution in [-0.2, 0) is 0 Å². The van der Waals surface area contributed by atoms with Crippen LogP contribution < -0.4 is 10.9 Å². The van der Waals surface area contributed by atoms with Crippen molar-refractivity contribution in [3.8, 4) is 0 Å². The number of carbonyl (C=O) groups excluding carboxylic acids is 1. The molecule has 0 radical (unpaired) electrons. The molecule has 0 aliphatic carbocycles. The van der Waals surface area contributed by atoms with E-state index in [1.54, 1.807) is 12.1 Å². The molecule has 98 valence electrons. The molecule has 0 aromatic heterocycles. The number of hydrazine groups is 1. The molecular weight excluding hydrogens is 243 g/mol. The first kappa shape index (κ1) is 13.1. The third-order valence-electron chi connectivity index (χ3n) is 2.82. The third kappa shape index (κ3) is 3.10. The van der Waals surface area contributed by atoms with Gasteiger partial charge in [0.2, 0.25) is 0 Å². The van der Waals surface area contributed by atoms with Gasteiger partial charge in [0.1, 0.15) is 5.82 Å². The van der Waals surface area contributed by atoms with Gasteiger partial charge in [0.05, 0.1) is 11.3 Å². The number of rotatable bonds is 3. The maximum absolute atomic E-state index is 13.4. The van der Waals surface area contributed by atoms with Crippen molar-refractivity contribution in [2.75, 3.05) is 5.43 Å². The Morgan fingerprint density at radius 2 is 1.84 bits per heavy atom. The third-order valence-corrected chi connectivity index (χ3v) is 2.82. The molecule has 4 heteroatoms. The summed E-state index contributed by atoms with van der Waals surface area (Å²) in [7, 11) is 0. The molecule has 0 aliphatic rings. The molecule has 0 heterocycles. The van der Waals surface area contributed by atoms with Crippen molar-refractivity contribution in [2.45, 2.75) is 13.8 Å². The molecule has 2 rings (SSSR count). The van der Waals surface area contributed by atoms with Gasteiger partial charge < -0.3 is 0 Å². The Morgan fingerprint density at radius 1 is 1.11 bits per heavy atom. The molecule has 0 atom stereocenters. The van der Waals surface area contributed by atoms with Crippen molar-refractivity contribution in [3.63, 3.8) is 0 Å². The number of benzene rings is 2. The van der Waals surface area contributed by atoms with E-state index in [1.165, 1.54) is 12.1 Å². The summed E-state index contributed by atoms with van der Waals surface area (Å²) in [6.07, 6.45) is 0. The van der Waals surface area contributed by atoms with Gasteiger partial charge >= 0.3 is 0 Å². The average Bonchev–Trinajstić information content (AvgIpc) is 2.40. The first-order valence-corrected chi connectivity index (χ1v) is 5.96. The van der Waals surface area contributed by atoms with Crippen LogP contribution in [0, 0.1) is 19.7 Å². The fourth-order valence-electron chi connectivity index (χ4n) is 1.71. The van der Waals surface area contributed by atoms with E-state index in [-0.39, 0.29) is 5.56 Å². The molecule has 3 nitrogen and oxygen atoms in total. The number of nitrogens with one attached hydrogen (secondary N) is 2. The Labute approximate surface area is 111 Å². The Balaban J connectivity index is 2.09. The van der Waals surface area contributed by atoms with Crippen molar-refractivity contribution in [2.24, 2.45) is 0 Å². The Bertz CT molecular complexity index is 611. The van der Waals surface area contributed by atoms with Crippen molar-refractivity contribution in [1.29, 1.82) is 0 Å². The fourth-order valence-corrected chi connectivity index (χ4v) is 1.71. The van der Waals surface area contributed by atoms with E-state index in [1.807, 2.05) is 32.0 Å². The van der Waals surface area contributed by atoms with Crippen LogP contribution >= 0.6 is 0 Å². The minimum Gasteiger partial charge on any atom is -0.298 e. The number of hydrogen-bond donors (Lipinski definition) is 2. The summed E-state index contributed by atoms with van der Waals surface area (Å²) in [6, 6.07) is 11.7. The molecule has 0 bridgehead atoms. The minimum atomic E-state index is -0.539. The summed E-state index contributed by atoms with van der Waals surface area (Å²) in [4.78, 5) is 11.8. The van der Waals surface area contributed by atoms with Gasteiger partial charge in [0.25, 0.3) is 5.91 Å². The number of anilines is 1. The monoisotopic (exact) mass is 258 g/mol. The molecule has 0 fully saturated rings. The van der Waals surface area contributed by atoms with E-state index in [0.29, 0.717) is 0 Å². The number of aryl methyl sites for hydroxylation is 2. The number of hydrogen-bond acceptors (Lipinski definition) is 2. The van der Waals surface area contributed by atoms with Crippen LogP contribution in [0.1, 0.15) is 21.5 Å². The van der Waals surface area contributed by atoms with Gasteiger partial charge in [-0.1, -0.05) is 24.3 Å². The zero-order chi connectivity index (χ0) is 13.8. The van der Waals surface area contributed by atoms with Crippen molar-refractivity contribution < 1.29 is 9.18 Å². The topological polar surface area (TPSA) is 41.1 Å². The lowest BCUT2D eigenvalue weighted by molar-refractivity contribution is 0.0958. The van der Waals surface area contributed by atoms with E-state index >= 15 is 0 Å². The van der Waals surface area contributed by atoms with Gasteiger partial charge in [-0.2, -0.15) is 0 Å². The second-order valence-corrected chi connectivity index (χ2v) is 4.38. The van der Waals surface area contributed by atoms with Gasteiger partial charge in [-0.15, -0.1) is 0 Å². The first-order chi connectivity index (χ1) is 9.08. The zero-order valence-electron chi connectivity index (χ0n) is 10.8. The number of carbonyl (C=O) groups is 1. The lowest BCUT2D eigenvalue weighted by atomic mass is 10.1. The van der Waals surface area contributed by atoms with Gasteiger partial charge in [-0.3, -0.25) is 15.6 Å². The maximum Gasteiger partial charge on any atom is 0.272 e. The second-order valence-electron chi connectivity index (χ2n) is 4.38. The predicted molar refractivity (Wildman–Crippen MR) is 73.4 cm³/mol. The van der Waals surface area contributed by atoms with Gasteiger partial charge in [0.15, 0.2) is 0 Å². The average molecular weight is 258 g/mol. The Morgan fingerprint density at radius 3 is 2.58 bits per heavy atom. The van der Waals surface area contributed by atoms with Crippen molar-refractivity contribution >= 4 is 11.6 Å². The lowest BCUT2D eigenvalue weighted by Gasteiger charge is -2.12. The van der Waals surface area contributed by atoms with Crippen LogP contribution in [0.4, 0.5) is 10.1 Å². The molecule has 0 aliphatic heterocycles. The summed E-state index contributed by atoms with van der Waals surface area (Å²) in [5, 5.41) is 0. The molecule has 0 saturated heterocycles. The minimum absolute atomic E-state index is 0.0142. The molecule has 1 amide bonds. The highest BCUT2D eigenvalue weighted by Crippen LogP contribution is 2.15. The van der Waals surface area contributed by atoms with Crippen molar-refractivity contribution in [1.82, 2.24) is 5.43 Å². The quantitative estimate of drug-likeness (QED) is 0.830. The van der Waals surface area contributed by atoms with E-state index in [4.69, 9.17) is 0 Å². The highest BCUT2D eigenvalue weighted by Gasteiger charge is 2.10. The molecule has 0 unspecified atom stereocenters. The summed E-state index contributed by atoms with van der Waals surface area (Å²) in [5.41, 5.74) is 8.19. The molecule has 2 N–H and O–H groups in total. The van der Waals surface area contributed by atoms with E-state index in [0.717, 1.165) is 16.8 Å². The molecule has 19 heavy (non-hydrogen) atoms. The smallest absolute Gasteiger partial charge is 0.272 e. The molecule has 0 spiro atoms. The normalized spacial score (nSPS) is 10.1. The highest BCUT2D eigenvalue weighted by molar-refractivity contribution is 5.95. The summed E-state index contributed by atoms with van der Waals surface area (Å²) in [6.45, 7) is 3.89. The molecule has 2 aromatic carbocycles. The van der Waals surface area contributed by atoms with Crippen molar-refractivity contribution in [3.05, 3.63) is 65.0 Å². The fraction of sp³-hybridized carbons (Fsp3) is 0.133. The Kier molecular flexibility index (Phi) is 3.80. The number of amides is 1. The van der Waals surface area contributed by atoms with E-state index in [2.05, 4.69) is 10.9 Å². The highest BCUT2D eigenvalue weighted by atomic mass is 19.1. The van der Waals surface area contributed by atoms with Gasteiger partial charge in [-0.25, -0.2) is 4.39 Å². The maximum atomic E-state index is 13.4. The van der Waals surface area contributed by atoms with Crippen LogP contribution in [0.5, 0.6) is 0 Å². The molecule has 2 aromatic rings.